The fourth-order valence-corrected chi connectivity index (χ4v) is 1.77. The molecule has 62 valence electrons. The summed E-state index contributed by atoms with van der Waals surface area (Å²) in [6, 6.07) is 8.01. The Kier molecular flexibility index (Phi) is 2.84. The van der Waals surface area contributed by atoms with Crippen molar-refractivity contribution in [3.8, 4) is 6.07 Å². The summed E-state index contributed by atoms with van der Waals surface area (Å²) in [5, 5.41) is 9.80. The fourth-order valence-electron chi connectivity index (χ4n) is 1.18. The van der Waals surface area contributed by atoms with Crippen molar-refractivity contribution in [2.75, 3.05) is 0 Å². The summed E-state index contributed by atoms with van der Waals surface area (Å²) in [5.41, 5.74) is 1.99. The molecule has 0 radical (unpaired) electrons. The summed E-state index contributed by atoms with van der Waals surface area (Å²) in [4.78, 5) is 0. The third-order valence-electron chi connectivity index (χ3n) is 1.88. The van der Waals surface area contributed by atoms with Crippen molar-refractivity contribution in [3.63, 3.8) is 0 Å². The lowest BCUT2D eigenvalue weighted by atomic mass is 10.0. The molecular formula is C10H12NP. The SMILES string of the molecule is CC(C)c1cccc(C#N)c1P. The summed E-state index contributed by atoms with van der Waals surface area (Å²) in [5.74, 6) is 0.478. The first-order valence-corrected chi connectivity index (χ1v) is 4.53. The number of hydrogen-bond acceptors (Lipinski definition) is 1. The maximum Gasteiger partial charge on any atom is 0.0998 e. The van der Waals surface area contributed by atoms with Gasteiger partial charge in [-0.3, -0.25) is 0 Å². The Bertz CT molecular complexity index is 323. The van der Waals surface area contributed by atoms with Gasteiger partial charge in [0.1, 0.15) is 0 Å². The highest BCUT2D eigenvalue weighted by Gasteiger charge is 2.05. The quantitative estimate of drug-likeness (QED) is 0.603. The molecule has 1 rings (SSSR count). The second-order valence-electron chi connectivity index (χ2n) is 3.07. The molecule has 1 nitrogen and oxygen atoms in total. The second-order valence-corrected chi connectivity index (χ2v) is 3.65. The number of hydrogen-bond donors (Lipinski definition) is 0. The smallest absolute Gasteiger partial charge is 0.0998 e. The molecule has 0 bridgehead atoms. The summed E-state index contributed by atoms with van der Waals surface area (Å²) in [6.45, 7) is 4.26. The van der Waals surface area contributed by atoms with Gasteiger partial charge in [0, 0.05) is 0 Å². The lowest BCUT2D eigenvalue weighted by molar-refractivity contribution is 0.873. The third-order valence-corrected chi connectivity index (χ3v) is 2.53. The van der Waals surface area contributed by atoms with E-state index in [9.17, 15) is 0 Å². The van der Waals surface area contributed by atoms with Gasteiger partial charge in [-0.2, -0.15) is 5.26 Å². The predicted molar refractivity (Wildman–Crippen MR) is 54.6 cm³/mol. The van der Waals surface area contributed by atoms with Crippen LogP contribution < -0.4 is 5.30 Å². The first-order valence-electron chi connectivity index (χ1n) is 3.95. The zero-order chi connectivity index (χ0) is 9.14. The summed E-state index contributed by atoms with van der Waals surface area (Å²) >= 11 is 0. The Balaban J connectivity index is 3.25. The second kappa shape index (κ2) is 3.70. The van der Waals surface area contributed by atoms with E-state index in [1.807, 2.05) is 12.1 Å². The van der Waals surface area contributed by atoms with Crippen LogP contribution in [0.4, 0.5) is 0 Å². The van der Waals surface area contributed by atoms with E-state index >= 15 is 0 Å². The van der Waals surface area contributed by atoms with E-state index in [-0.39, 0.29) is 0 Å². The maximum atomic E-state index is 8.76. The van der Waals surface area contributed by atoms with Crippen molar-refractivity contribution < 1.29 is 0 Å². The molecule has 0 heterocycles. The molecule has 12 heavy (non-hydrogen) atoms. The number of nitriles is 1. The molecule has 0 saturated heterocycles. The number of benzene rings is 1. The van der Waals surface area contributed by atoms with Gasteiger partial charge in [-0.25, -0.2) is 0 Å². The molecule has 0 aliphatic heterocycles. The molecule has 1 unspecified atom stereocenters. The molecule has 1 atom stereocenters. The van der Waals surface area contributed by atoms with Crippen LogP contribution in [0, 0.1) is 11.3 Å². The van der Waals surface area contributed by atoms with E-state index in [1.54, 1.807) is 0 Å². The van der Waals surface area contributed by atoms with Crippen molar-refractivity contribution in [1.29, 1.82) is 5.26 Å². The first kappa shape index (κ1) is 9.23. The molecule has 0 N–H and O–H groups in total. The minimum Gasteiger partial charge on any atom is -0.192 e. The van der Waals surface area contributed by atoms with Crippen LogP contribution in [0.1, 0.15) is 30.9 Å². The van der Waals surface area contributed by atoms with Crippen LogP contribution in [0.3, 0.4) is 0 Å². The van der Waals surface area contributed by atoms with E-state index < -0.39 is 0 Å². The van der Waals surface area contributed by atoms with Gasteiger partial charge in [0.05, 0.1) is 11.6 Å². The molecule has 2 heteroatoms. The van der Waals surface area contributed by atoms with Gasteiger partial charge in [-0.1, -0.05) is 26.0 Å². The van der Waals surface area contributed by atoms with Crippen LogP contribution in [0.5, 0.6) is 0 Å². The first-order chi connectivity index (χ1) is 5.66. The molecular weight excluding hydrogens is 165 g/mol. The summed E-state index contributed by atoms with van der Waals surface area (Å²) < 4.78 is 0. The topological polar surface area (TPSA) is 23.8 Å². The van der Waals surface area contributed by atoms with Gasteiger partial charge in [0.15, 0.2) is 0 Å². The van der Waals surface area contributed by atoms with Gasteiger partial charge < -0.3 is 0 Å². The number of rotatable bonds is 1. The molecule has 0 saturated carbocycles. The summed E-state index contributed by atoms with van der Waals surface area (Å²) in [6.07, 6.45) is 0. The lowest BCUT2D eigenvalue weighted by Gasteiger charge is -2.09. The Morgan fingerprint density at radius 2 is 2.08 bits per heavy atom. The Hall–Kier alpha value is -0.860. The fraction of sp³-hybridized carbons (Fsp3) is 0.300. The molecule has 0 amide bonds. The molecule has 0 aliphatic carbocycles. The van der Waals surface area contributed by atoms with Crippen molar-refractivity contribution in [2.24, 2.45) is 0 Å². The monoisotopic (exact) mass is 177 g/mol. The average molecular weight is 177 g/mol. The van der Waals surface area contributed by atoms with Crippen LogP contribution in [0.15, 0.2) is 18.2 Å². The van der Waals surface area contributed by atoms with Crippen molar-refractivity contribution >= 4 is 14.5 Å². The lowest BCUT2D eigenvalue weighted by Crippen LogP contribution is -2.07. The average Bonchev–Trinajstić information content (AvgIpc) is 2.04. The highest BCUT2D eigenvalue weighted by molar-refractivity contribution is 7.27. The van der Waals surface area contributed by atoms with Gasteiger partial charge in [0.2, 0.25) is 0 Å². The van der Waals surface area contributed by atoms with Crippen LogP contribution >= 0.6 is 9.24 Å². The largest absolute Gasteiger partial charge is 0.192 e. The maximum absolute atomic E-state index is 8.76. The van der Waals surface area contributed by atoms with Crippen molar-refractivity contribution in [1.82, 2.24) is 0 Å². The van der Waals surface area contributed by atoms with E-state index in [2.05, 4.69) is 35.2 Å². The van der Waals surface area contributed by atoms with Crippen molar-refractivity contribution in [3.05, 3.63) is 29.3 Å². The predicted octanol–water partition coefficient (Wildman–Crippen LogP) is 2.18. The van der Waals surface area contributed by atoms with Crippen LogP contribution in [-0.2, 0) is 0 Å². The summed E-state index contributed by atoms with van der Waals surface area (Å²) in [7, 11) is 2.64. The highest BCUT2D eigenvalue weighted by Crippen LogP contribution is 2.15. The van der Waals surface area contributed by atoms with E-state index in [0.29, 0.717) is 5.92 Å². The Morgan fingerprint density at radius 1 is 1.42 bits per heavy atom. The minimum absolute atomic E-state index is 0.478. The Morgan fingerprint density at radius 3 is 2.58 bits per heavy atom. The highest BCUT2D eigenvalue weighted by atomic mass is 31.0. The standard InChI is InChI=1S/C10H12NP/c1-7(2)9-5-3-4-8(6-11)10(9)12/h3-5,7H,12H2,1-2H3. The van der Waals surface area contributed by atoms with Crippen LogP contribution in [-0.4, -0.2) is 0 Å². The van der Waals surface area contributed by atoms with E-state index in [1.165, 1.54) is 5.56 Å². The molecule has 0 aliphatic rings. The van der Waals surface area contributed by atoms with Gasteiger partial charge in [-0.05, 0) is 22.9 Å². The van der Waals surface area contributed by atoms with Crippen LogP contribution in [0.25, 0.3) is 0 Å². The van der Waals surface area contributed by atoms with Crippen LogP contribution in [0.2, 0.25) is 0 Å². The number of nitrogens with zero attached hydrogens (tertiary/aromatic N) is 1. The Labute approximate surface area is 75.6 Å². The molecule has 0 aromatic heterocycles. The van der Waals surface area contributed by atoms with E-state index in [4.69, 9.17) is 5.26 Å². The third kappa shape index (κ3) is 1.65. The van der Waals surface area contributed by atoms with E-state index in [0.717, 1.165) is 10.9 Å². The normalized spacial score (nSPS) is 9.92. The minimum atomic E-state index is 0.478. The zero-order valence-corrected chi connectivity index (χ0v) is 8.49. The molecule has 1 aromatic carbocycles. The van der Waals surface area contributed by atoms with Gasteiger partial charge in [0.25, 0.3) is 0 Å². The molecule has 0 spiro atoms. The van der Waals surface area contributed by atoms with Crippen molar-refractivity contribution in [2.45, 2.75) is 19.8 Å². The van der Waals surface area contributed by atoms with Gasteiger partial charge in [-0.15, -0.1) is 9.24 Å². The zero-order valence-electron chi connectivity index (χ0n) is 7.33. The molecule has 1 aromatic rings. The molecule has 0 fully saturated rings. The van der Waals surface area contributed by atoms with Gasteiger partial charge >= 0.3 is 0 Å².